The van der Waals surface area contributed by atoms with Crippen LogP contribution in [0.4, 0.5) is 5.69 Å². The fourth-order valence-electron chi connectivity index (χ4n) is 1.24. The molecule has 0 saturated carbocycles. The Morgan fingerprint density at radius 2 is 1.77 bits per heavy atom. The van der Waals surface area contributed by atoms with Crippen molar-refractivity contribution in [2.45, 2.75) is 18.7 Å². The van der Waals surface area contributed by atoms with Crippen LogP contribution in [0.3, 0.4) is 0 Å². The second-order valence-corrected chi connectivity index (χ2v) is 5.22. The molecule has 13 heavy (non-hydrogen) atoms. The van der Waals surface area contributed by atoms with E-state index in [1.807, 2.05) is 6.92 Å². The third kappa shape index (κ3) is 2.01. The number of hydrogen-bond acceptors (Lipinski definition) is 3. The van der Waals surface area contributed by atoms with E-state index in [0.717, 1.165) is 11.1 Å². The Morgan fingerprint density at radius 1 is 1.23 bits per heavy atom. The summed E-state index contributed by atoms with van der Waals surface area (Å²) >= 11 is 0. The summed E-state index contributed by atoms with van der Waals surface area (Å²) in [4.78, 5) is 0.324. The summed E-state index contributed by atoms with van der Waals surface area (Å²) in [6.07, 6.45) is 1.19. The van der Waals surface area contributed by atoms with Gasteiger partial charge >= 0.3 is 0 Å². The van der Waals surface area contributed by atoms with E-state index in [1.165, 1.54) is 12.3 Å². The Kier molecular flexibility index (Phi) is 2.34. The Hall–Kier alpha value is -1.03. The highest BCUT2D eigenvalue weighted by atomic mass is 32.2. The summed E-state index contributed by atoms with van der Waals surface area (Å²) in [5, 5.41) is 0. The molecule has 0 atom stereocenters. The van der Waals surface area contributed by atoms with Gasteiger partial charge in [0, 0.05) is 11.9 Å². The highest BCUT2D eigenvalue weighted by Crippen LogP contribution is 2.21. The third-order valence-electron chi connectivity index (χ3n) is 2.04. The second kappa shape index (κ2) is 3.03. The van der Waals surface area contributed by atoms with Crippen LogP contribution in [0.1, 0.15) is 11.1 Å². The maximum atomic E-state index is 11.3. The summed E-state index contributed by atoms with van der Waals surface area (Å²) in [7, 11) is -3.16. The average molecular weight is 199 g/mol. The van der Waals surface area contributed by atoms with E-state index in [2.05, 4.69) is 0 Å². The normalized spacial score (nSPS) is 11.6. The number of anilines is 1. The number of nitrogen functional groups attached to an aromatic ring is 1. The molecule has 0 radical (unpaired) electrons. The monoisotopic (exact) mass is 199 g/mol. The van der Waals surface area contributed by atoms with Gasteiger partial charge in [-0.25, -0.2) is 8.42 Å². The summed E-state index contributed by atoms with van der Waals surface area (Å²) in [6, 6.07) is 3.27. The van der Waals surface area contributed by atoms with Crippen LogP contribution in [-0.4, -0.2) is 14.7 Å². The van der Waals surface area contributed by atoms with Gasteiger partial charge in [-0.1, -0.05) is 0 Å². The number of nitrogens with two attached hydrogens (primary N) is 1. The van der Waals surface area contributed by atoms with Crippen molar-refractivity contribution in [2.24, 2.45) is 0 Å². The predicted molar refractivity (Wildman–Crippen MR) is 53.4 cm³/mol. The summed E-state index contributed by atoms with van der Waals surface area (Å²) in [5.41, 5.74) is 7.73. The SMILES string of the molecule is Cc1cc(N)cc(S(C)(=O)=O)c1C. The summed E-state index contributed by atoms with van der Waals surface area (Å²) < 4.78 is 22.6. The van der Waals surface area contributed by atoms with Crippen LogP contribution >= 0.6 is 0 Å². The van der Waals surface area contributed by atoms with Crippen LogP contribution in [0.15, 0.2) is 17.0 Å². The van der Waals surface area contributed by atoms with Gasteiger partial charge in [0.05, 0.1) is 4.90 Å². The topological polar surface area (TPSA) is 60.2 Å². The summed E-state index contributed by atoms with van der Waals surface area (Å²) in [6.45, 7) is 3.63. The predicted octanol–water partition coefficient (Wildman–Crippen LogP) is 1.29. The van der Waals surface area contributed by atoms with Gasteiger partial charge in [0.25, 0.3) is 0 Å². The summed E-state index contributed by atoms with van der Waals surface area (Å²) in [5.74, 6) is 0. The molecule has 0 heterocycles. The zero-order chi connectivity index (χ0) is 10.2. The van der Waals surface area contributed by atoms with Gasteiger partial charge in [-0.3, -0.25) is 0 Å². The highest BCUT2D eigenvalue weighted by Gasteiger charge is 2.12. The lowest BCUT2D eigenvalue weighted by atomic mass is 10.1. The third-order valence-corrected chi connectivity index (χ3v) is 3.26. The van der Waals surface area contributed by atoms with Crippen molar-refractivity contribution < 1.29 is 8.42 Å². The minimum Gasteiger partial charge on any atom is -0.399 e. The van der Waals surface area contributed by atoms with Crippen LogP contribution in [0.25, 0.3) is 0 Å². The van der Waals surface area contributed by atoms with Crippen LogP contribution < -0.4 is 5.73 Å². The fourth-order valence-corrected chi connectivity index (χ4v) is 2.31. The molecule has 0 aliphatic carbocycles. The van der Waals surface area contributed by atoms with Crippen molar-refractivity contribution >= 4 is 15.5 Å². The van der Waals surface area contributed by atoms with E-state index in [0.29, 0.717) is 10.6 Å². The molecular formula is C9H13NO2S. The van der Waals surface area contributed by atoms with Crippen LogP contribution in [0.5, 0.6) is 0 Å². The maximum absolute atomic E-state index is 11.3. The van der Waals surface area contributed by atoms with Gasteiger partial charge < -0.3 is 5.73 Å². The molecule has 1 aromatic rings. The Balaban J connectivity index is 3.56. The maximum Gasteiger partial charge on any atom is 0.175 e. The van der Waals surface area contributed by atoms with E-state index in [1.54, 1.807) is 13.0 Å². The van der Waals surface area contributed by atoms with E-state index in [-0.39, 0.29) is 0 Å². The molecule has 0 aliphatic heterocycles. The highest BCUT2D eigenvalue weighted by molar-refractivity contribution is 7.90. The molecule has 0 spiro atoms. The van der Waals surface area contributed by atoms with Gasteiger partial charge in [0.1, 0.15) is 0 Å². The molecule has 0 aliphatic rings. The van der Waals surface area contributed by atoms with Crippen molar-refractivity contribution in [2.75, 3.05) is 12.0 Å². The Labute approximate surface area is 78.5 Å². The molecule has 0 aromatic heterocycles. The number of hydrogen-bond donors (Lipinski definition) is 1. The largest absolute Gasteiger partial charge is 0.399 e. The number of rotatable bonds is 1. The molecular weight excluding hydrogens is 186 g/mol. The quantitative estimate of drug-likeness (QED) is 0.693. The van der Waals surface area contributed by atoms with Crippen LogP contribution in [-0.2, 0) is 9.84 Å². The molecule has 1 aromatic carbocycles. The second-order valence-electron chi connectivity index (χ2n) is 3.23. The van der Waals surface area contributed by atoms with Gasteiger partial charge in [0.15, 0.2) is 9.84 Å². The van der Waals surface area contributed by atoms with Crippen LogP contribution in [0, 0.1) is 13.8 Å². The zero-order valence-electron chi connectivity index (χ0n) is 7.96. The molecule has 0 fully saturated rings. The molecule has 0 bridgehead atoms. The van der Waals surface area contributed by atoms with Gasteiger partial charge in [-0.15, -0.1) is 0 Å². The number of sulfone groups is 1. The van der Waals surface area contributed by atoms with E-state index < -0.39 is 9.84 Å². The number of benzene rings is 1. The van der Waals surface area contributed by atoms with Crippen molar-refractivity contribution in [1.29, 1.82) is 0 Å². The standard InChI is InChI=1S/C9H13NO2S/c1-6-4-8(10)5-9(7(6)2)13(3,11)12/h4-5H,10H2,1-3H3. The van der Waals surface area contributed by atoms with Gasteiger partial charge in [-0.2, -0.15) is 0 Å². The zero-order valence-corrected chi connectivity index (χ0v) is 8.77. The smallest absolute Gasteiger partial charge is 0.175 e. The van der Waals surface area contributed by atoms with Crippen LogP contribution in [0.2, 0.25) is 0 Å². The molecule has 1 rings (SSSR count). The molecule has 3 nitrogen and oxygen atoms in total. The van der Waals surface area contributed by atoms with Crippen molar-refractivity contribution in [1.82, 2.24) is 0 Å². The first-order chi connectivity index (χ1) is 5.82. The first kappa shape index (κ1) is 10.1. The van der Waals surface area contributed by atoms with Crippen molar-refractivity contribution in [3.05, 3.63) is 23.3 Å². The van der Waals surface area contributed by atoms with E-state index in [9.17, 15) is 8.42 Å². The Bertz CT molecular complexity index is 435. The molecule has 0 amide bonds. The average Bonchev–Trinajstić information content (AvgIpc) is 1.94. The lowest BCUT2D eigenvalue weighted by Gasteiger charge is -2.07. The van der Waals surface area contributed by atoms with Crippen molar-refractivity contribution in [3.63, 3.8) is 0 Å². The molecule has 72 valence electrons. The lowest BCUT2D eigenvalue weighted by Crippen LogP contribution is -2.03. The Morgan fingerprint density at radius 3 is 2.23 bits per heavy atom. The molecule has 0 saturated heterocycles. The lowest BCUT2D eigenvalue weighted by molar-refractivity contribution is 0.601. The molecule has 0 unspecified atom stereocenters. The number of aryl methyl sites for hydroxylation is 1. The van der Waals surface area contributed by atoms with Gasteiger partial charge in [0.2, 0.25) is 0 Å². The minimum absolute atomic E-state index is 0.324. The molecule has 4 heteroatoms. The van der Waals surface area contributed by atoms with Crippen molar-refractivity contribution in [3.8, 4) is 0 Å². The first-order valence-electron chi connectivity index (χ1n) is 3.89. The minimum atomic E-state index is -3.16. The first-order valence-corrected chi connectivity index (χ1v) is 5.78. The van der Waals surface area contributed by atoms with E-state index in [4.69, 9.17) is 5.73 Å². The molecule has 2 N–H and O–H groups in total. The fraction of sp³-hybridized carbons (Fsp3) is 0.333. The van der Waals surface area contributed by atoms with Gasteiger partial charge in [-0.05, 0) is 37.1 Å². The van der Waals surface area contributed by atoms with E-state index >= 15 is 0 Å².